The quantitative estimate of drug-likeness (QED) is 0.818. The molecule has 1 atom stereocenters. The molecule has 1 aromatic heterocycles. The molecule has 1 amide bonds. The van der Waals surface area contributed by atoms with Gasteiger partial charge in [0.1, 0.15) is 16.8 Å². The summed E-state index contributed by atoms with van der Waals surface area (Å²) in [6.45, 7) is 6.44. The van der Waals surface area contributed by atoms with E-state index in [2.05, 4.69) is 32.2 Å². The summed E-state index contributed by atoms with van der Waals surface area (Å²) in [5.74, 6) is 1.53. The third-order valence-electron chi connectivity index (χ3n) is 4.79. The van der Waals surface area contributed by atoms with Crippen LogP contribution in [0.15, 0.2) is 24.3 Å². The minimum absolute atomic E-state index is 0.0646. The first-order valence-electron chi connectivity index (χ1n) is 9.05. The molecule has 1 aliphatic rings. The van der Waals surface area contributed by atoms with Crippen molar-refractivity contribution in [2.24, 2.45) is 5.92 Å². The number of carbonyl (C=O) groups excluding carboxylic acids is 1. The van der Waals surface area contributed by atoms with Gasteiger partial charge in [0, 0.05) is 4.88 Å². The highest BCUT2D eigenvalue weighted by Gasteiger charge is 2.24. The van der Waals surface area contributed by atoms with Gasteiger partial charge in [-0.3, -0.25) is 4.79 Å². The lowest BCUT2D eigenvalue weighted by Crippen LogP contribution is -2.20. The van der Waals surface area contributed by atoms with Crippen LogP contribution in [0.3, 0.4) is 0 Å². The van der Waals surface area contributed by atoms with Gasteiger partial charge >= 0.3 is 0 Å². The fourth-order valence-electron chi connectivity index (χ4n) is 3.22. The molecule has 1 aromatic carbocycles. The molecule has 1 heterocycles. The maximum atomic E-state index is 12.3. The molecular formula is C21H24N2O2S. The van der Waals surface area contributed by atoms with E-state index in [1.54, 1.807) is 0 Å². The molecule has 26 heavy (non-hydrogen) atoms. The van der Waals surface area contributed by atoms with Gasteiger partial charge in [-0.25, -0.2) is 0 Å². The molecule has 0 spiro atoms. The molecule has 3 rings (SSSR count). The normalized spacial score (nSPS) is 16.0. The number of hydrogen-bond acceptors (Lipinski definition) is 4. The van der Waals surface area contributed by atoms with E-state index in [-0.39, 0.29) is 12.5 Å². The highest BCUT2D eigenvalue weighted by molar-refractivity contribution is 7.16. The Kier molecular flexibility index (Phi) is 5.63. The van der Waals surface area contributed by atoms with Crippen molar-refractivity contribution in [1.29, 1.82) is 5.26 Å². The minimum atomic E-state index is -0.235. The Hall–Kier alpha value is -2.32. The number of nitrogens with zero attached hydrogens (tertiary/aromatic N) is 1. The maximum Gasteiger partial charge on any atom is 0.262 e. The van der Waals surface area contributed by atoms with Crippen LogP contribution < -0.4 is 10.1 Å². The van der Waals surface area contributed by atoms with Crippen LogP contribution in [0.5, 0.6) is 5.75 Å². The van der Waals surface area contributed by atoms with Gasteiger partial charge in [0.15, 0.2) is 6.61 Å². The van der Waals surface area contributed by atoms with Crippen LogP contribution in [0.25, 0.3) is 0 Å². The van der Waals surface area contributed by atoms with E-state index in [1.165, 1.54) is 21.8 Å². The summed E-state index contributed by atoms with van der Waals surface area (Å²) in [6.07, 6.45) is 3.01. The van der Waals surface area contributed by atoms with Crippen molar-refractivity contribution in [1.82, 2.24) is 0 Å². The van der Waals surface area contributed by atoms with E-state index in [4.69, 9.17) is 4.74 Å². The molecule has 136 valence electrons. The third kappa shape index (κ3) is 4.08. The van der Waals surface area contributed by atoms with Gasteiger partial charge in [0.25, 0.3) is 5.91 Å². The van der Waals surface area contributed by atoms with E-state index < -0.39 is 0 Å². The predicted octanol–water partition coefficient (Wildman–Crippen LogP) is 4.89. The molecule has 1 aliphatic carbocycles. The Balaban J connectivity index is 1.62. The van der Waals surface area contributed by atoms with Gasteiger partial charge < -0.3 is 10.1 Å². The van der Waals surface area contributed by atoms with E-state index in [1.807, 2.05) is 24.3 Å². The zero-order chi connectivity index (χ0) is 18.7. The minimum Gasteiger partial charge on any atom is -0.484 e. The molecule has 5 heteroatoms. The van der Waals surface area contributed by atoms with Crippen LogP contribution in [0.4, 0.5) is 5.00 Å². The number of thiophene rings is 1. The first kappa shape index (κ1) is 18.5. The van der Waals surface area contributed by atoms with Crippen molar-refractivity contribution < 1.29 is 9.53 Å². The van der Waals surface area contributed by atoms with E-state index in [9.17, 15) is 10.1 Å². The number of hydrogen-bond donors (Lipinski definition) is 1. The number of carbonyl (C=O) groups is 1. The smallest absolute Gasteiger partial charge is 0.262 e. The van der Waals surface area contributed by atoms with Crippen molar-refractivity contribution in [2.75, 3.05) is 11.9 Å². The average molecular weight is 369 g/mol. The molecule has 1 unspecified atom stereocenters. The summed E-state index contributed by atoms with van der Waals surface area (Å²) in [6, 6.07) is 10.1. The third-order valence-corrected chi connectivity index (χ3v) is 5.96. The number of ether oxygens (including phenoxy) is 1. The van der Waals surface area contributed by atoms with Crippen LogP contribution in [-0.4, -0.2) is 12.5 Å². The summed E-state index contributed by atoms with van der Waals surface area (Å²) >= 11 is 1.54. The van der Waals surface area contributed by atoms with Crippen molar-refractivity contribution in [2.45, 2.75) is 46.0 Å². The fourth-order valence-corrected chi connectivity index (χ4v) is 4.60. The topological polar surface area (TPSA) is 62.1 Å². The average Bonchev–Trinajstić information content (AvgIpc) is 2.96. The molecular weight excluding hydrogens is 344 g/mol. The Bertz CT molecular complexity index is 831. The van der Waals surface area contributed by atoms with E-state index in [0.717, 1.165) is 24.8 Å². The van der Waals surface area contributed by atoms with Crippen LogP contribution in [0.2, 0.25) is 0 Å². The second-order valence-electron chi connectivity index (χ2n) is 7.23. The second-order valence-corrected chi connectivity index (χ2v) is 8.33. The van der Waals surface area contributed by atoms with Crippen LogP contribution >= 0.6 is 11.3 Å². The molecule has 0 fully saturated rings. The lowest BCUT2D eigenvalue weighted by molar-refractivity contribution is -0.118. The lowest BCUT2D eigenvalue weighted by Gasteiger charge is -2.17. The molecule has 0 radical (unpaired) electrons. The summed E-state index contributed by atoms with van der Waals surface area (Å²) in [5, 5.41) is 13.0. The largest absolute Gasteiger partial charge is 0.484 e. The number of amides is 1. The zero-order valence-electron chi connectivity index (χ0n) is 15.5. The van der Waals surface area contributed by atoms with Crippen molar-refractivity contribution in [3.8, 4) is 11.8 Å². The SMILES string of the molecule is CC1CCc2c(sc(NC(=O)COc3ccc(C(C)C)cc3)c2C#N)C1. The Morgan fingerprint density at radius 2 is 2.12 bits per heavy atom. The molecule has 0 saturated heterocycles. The summed E-state index contributed by atoms with van der Waals surface area (Å²) < 4.78 is 5.58. The van der Waals surface area contributed by atoms with Gasteiger partial charge in [-0.1, -0.05) is 32.9 Å². The number of benzene rings is 1. The van der Waals surface area contributed by atoms with Gasteiger partial charge in [-0.15, -0.1) is 11.3 Å². The van der Waals surface area contributed by atoms with Gasteiger partial charge in [-0.05, 0) is 54.4 Å². The number of anilines is 1. The number of fused-ring (bicyclic) bond motifs is 1. The first-order valence-corrected chi connectivity index (χ1v) is 9.86. The molecule has 4 nitrogen and oxygen atoms in total. The van der Waals surface area contributed by atoms with E-state index in [0.29, 0.717) is 28.1 Å². The Labute approximate surface area is 158 Å². The van der Waals surface area contributed by atoms with Crippen LogP contribution in [-0.2, 0) is 17.6 Å². The van der Waals surface area contributed by atoms with Crippen molar-refractivity contribution in [3.63, 3.8) is 0 Å². The van der Waals surface area contributed by atoms with E-state index >= 15 is 0 Å². The molecule has 2 aromatic rings. The molecule has 0 saturated carbocycles. The molecule has 0 aliphatic heterocycles. The Morgan fingerprint density at radius 3 is 2.77 bits per heavy atom. The monoisotopic (exact) mass is 368 g/mol. The fraction of sp³-hybridized carbons (Fsp3) is 0.429. The summed E-state index contributed by atoms with van der Waals surface area (Å²) in [7, 11) is 0. The predicted molar refractivity (Wildman–Crippen MR) is 105 cm³/mol. The summed E-state index contributed by atoms with van der Waals surface area (Å²) in [4.78, 5) is 13.5. The van der Waals surface area contributed by atoms with Crippen LogP contribution in [0, 0.1) is 17.2 Å². The molecule has 0 bridgehead atoms. The first-order chi connectivity index (χ1) is 12.5. The highest BCUT2D eigenvalue weighted by Crippen LogP contribution is 2.39. The summed E-state index contributed by atoms with van der Waals surface area (Å²) in [5.41, 5.74) is 2.99. The van der Waals surface area contributed by atoms with Crippen molar-refractivity contribution in [3.05, 3.63) is 45.8 Å². The zero-order valence-corrected chi connectivity index (χ0v) is 16.3. The lowest BCUT2D eigenvalue weighted by atomic mass is 9.89. The number of nitriles is 1. The van der Waals surface area contributed by atoms with Crippen LogP contribution in [0.1, 0.15) is 54.7 Å². The number of nitrogens with one attached hydrogen (secondary N) is 1. The van der Waals surface area contributed by atoms with Gasteiger partial charge in [0.2, 0.25) is 0 Å². The standard InChI is InChI=1S/C21H24N2O2S/c1-13(2)15-5-7-16(8-6-15)25-12-20(24)23-21-18(11-22)17-9-4-14(3)10-19(17)26-21/h5-8,13-14H,4,9-10,12H2,1-3H3,(H,23,24). The second kappa shape index (κ2) is 7.92. The highest BCUT2D eigenvalue weighted by atomic mass is 32.1. The Morgan fingerprint density at radius 1 is 1.38 bits per heavy atom. The van der Waals surface area contributed by atoms with Gasteiger partial charge in [-0.2, -0.15) is 5.26 Å². The van der Waals surface area contributed by atoms with Gasteiger partial charge in [0.05, 0.1) is 5.56 Å². The molecule has 1 N–H and O–H groups in total. The number of rotatable bonds is 5. The maximum absolute atomic E-state index is 12.3. The van der Waals surface area contributed by atoms with Crippen molar-refractivity contribution >= 4 is 22.2 Å².